The Labute approximate surface area is 158 Å². The lowest BCUT2D eigenvalue weighted by atomic mass is 10.0. The van der Waals surface area contributed by atoms with Crippen molar-refractivity contribution in [2.75, 3.05) is 32.8 Å². The van der Waals surface area contributed by atoms with Crippen LogP contribution in [0.5, 0.6) is 0 Å². The van der Waals surface area contributed by atoms with Gasteiger partial charge in [-0.1, -0.05) is 35.0 Å². The molecule has 1 aliphatic heterocycles. The summed E-state index contributed by atoms with van der Waals surface area (Å²) in [5.41, 5.74) is 1.23. The van der Waals surface area contributed by atoms with Gasteiger partial charge < -0.3 is 9.26 Å². The Hall–Kier alpha value is -1.45. The van der Waals surface area contributed by atoms with Crippen LogP contribution in [-0.2, 0) is 14.8 Å². The van der Waals surface area contributed by atoms with Crippen molar-refractivity contribution in [3.8, 4) is 0 Å². The molecule has 1 fully saturated rings. The Morgan fingerprint density at radius 1 is 1.27 bits per heavy atom. The average Bonchev–Trinajstić information content (AvgIpc) is 2.97. The van der Waals surface area contributed by atoms with E-state index in [-0.39, 0.29) is 23.2 Å². The highest BCUT2D eigenvalue weighted by molar-refractivity contribution is 7.89. The number of halogens is 1. The van der Waals surface area contributed by atoms with Crippen LogP contribution in [0, 0.1) is 13.8 Å². The molecule has 3 rings (SSSR count). The fourth-order valence-corrected chi connectivity index (χ4v) is 4.81. The van der Waals surface area contributed by atoms with E-state index in [1.54, 1.807) is 13.8 Å². The van der Waals surface area contributed by atoms with E-state index < -0.39 is 10.0 Å². The van der Waals surface area contributed by atoms with Crippen LogP contribution in [0.25, 0.3) is 0 Å². The molecule has 1 aromatic heterocycles. The summed E-state index contributed by atoms with van der Waals surface area (Å²) in [5.74, 6) is 0.274. The fraction of sp³-hybridized carbons (Fsp3) is 0.471. The van der Waals surface area contributed by atoms with E-state index in [0.29, 0.717) is 37.0 Å². The molecule has 0 radical (unpaired) electrons. The first-order valence-electron chi connectivity index (χ1n) is 8.39. The molecule has 26 heavy (non-hydrogen) atoms. The SMILES string of the molecule is Cc1noc(C)c1S(=O)(=O)NCC(c1ccccc1Cl)N1CCOCC1. The lowest BCUT2D eigenvalue weighted by Gasteiger charge is -2.35. The highest BCUT2D eigenvalue weighted by Crippen LogP contribution is 2.28. The van der Waals surface area contributed by atoms with E-state index in [1.807, 2.05) is 24.3 Å². The lowest BCUT2D eigenvalue weighted by Crippen LogP contribution is -2.44. The van der Waals surface area contributed by atoms with Gasteiger partial charge in [-0.2, -0.15) is 0 Å². The number of morpholine rings is 1. The zero-order valence-electron chi connectivity index (χ0n) is 14.7. The van der Waals surface area contributed by atoms with Crippen molar-refractivity contribution in [1.82, 2.24) is 14.8 Å². The maximum absolute atomic E-state index is 12.8. The topological polar surface area (TPSA) is 84.7 Å². The molecular weight excluding hydrogens is 378 g/mol. The third-order valence-corrected chi connectivity index (χ3v) is 6.47. The van der Waals surface area contributed by atoms with Crippen molar-refractivity contribution >= 4 is 21.6 Å². The van der Waals surface area contributed by atoms with Crippen LogP contribution in [0.1, 0.15) is 23.1 Å². The van der Waals surface area contributed by atoms with E-state index in [2.05, 4.69) is 14.8 Å². The van der Waals surface area contributed by atoms with Crippen LogP contribution in [-0.4, -0.2) is 51.3 Å². The number of sulfonamides is 1. The molecule has 0 spiro atoms. The maximum atomic E-state index is 12.8. The van der Waals surface area contributed by atoms with Gasteiger partial charge >= 0.3 is 0 Å². The van der Waals surface area contributed by atoms with Gasteiger partial charge in [0.05, 0.1) is 13.2 Å². The summed E-state index contributed by atoms with van der Waals surface area (Å²) in [7, 11) is -3.74. The Balaban J connectivity index is 1.85. The Morgan fingerprint density at radius 2 is 1.96 bits per heavy atom. The number of aryl methyl sites for hydroxylation is 2. The van der Waals surface area contributed by atoms with Crippen molar-refractivity contribution in [3.05, 3.63) is 46.3 Å². The van der Waals surface area contributed by atoms with Gasteiger partial charge in [-0.05, 0) is 25.5 Å². The van der Waals surface area contributed by atoms with Gasteiger partial charge in [0.15, 0.2) is 5.76 Å². The number of rotatable bonds is 6. The van der Waals surface area contributed by atoms with Gasteiger partial charge in [0, 0.05) is 30.7 Å². The second-order valence-corrected chi connectivity index (χ2v) is 8.30. The summed E-state index contributed by atoms with van der Waals surface area (Å²) < 4.78 is 38.6. The lowest BCUT2D eigenvalue weighted by molar-refractivity contribution is 0.0172. The quantitative estimate of drug-likeness (QED) is 0.802. The van der Waals surface area contributed by atoms with Gasteiger partial charge in [0.25, 0.3) is 0 Å². The average molecular weight is 400 g/mol. The summed E-state index contributed by atoms with van der Waals surface area (Å²) in [6.45, 7) is 6.03. The number of hydrogen-bond donors (Lipinski definition) is 1. The molecule has 1 unspecified atom stereocenters. The molecule has 1 aromatic carbocycles. The summed E-state index contributed by atoms with van der Waals surface area (Å²) in [6.07, 6.45) is 0. The van der Waals surface area contributed by atoms with Crippen LogP contribution in [0.4, 0.5) is 0 Å². The van der Waals surface area contributed by atoms with E-state index in [0.717, 1.165) is 5.56 Å². The van der Waals surface area contributed by atoms with Gasteiger partial charge in [0.1, 0.15) is 10.6 Å². The first-order chi connectivity index (χ1) is 12.4. The molecule has 0 bridgehead atoms. The van der Waals surface area contributed by atoms with E-state index in [1.165, 1.54) is 0 Å². The van der Waals surface area contributed by atoms with Crippen molar-refractivity contribution < 1.29 is 17.7 Å². The largest absolute Gasteiger partial charge is 0.379 e. The number of nitrogens with one attached hydrogen (secondary N) is 1. The molecule has 2 heterocycles. The Morgan fingerprint density at radius 3 is 2.58 bits per heavy atom. The zero-order valence-corrected chi connectivity index (χ0v) is 16.3. The van der Waals surface area contributed by atoms with Crippen molar-refractivity contribution in [2.24, 2.45) is 0 Å². The standard InChI is InChI=1S/C17H22ClN3O4S/c1-12-17(13(2)25-20-12)26(22,23)19-11-16(21-7-9-24-10-8-21)14-5-3-4-6-15(14)18/h3-6,16,19H,7-11H2,1-2H3. The molecular formula is C17H22ClN3O4S. The summed E-state index contributed by atoms with van der Waals surface area (Å²) in [6, 6.07) is 7.30. The van der Waals surface area contributed by atoms with Crippen molar-refractivity contribution in [2.45, 2.75) is 24.8 Å². The van der Waals surface area contributed by atoms with Crippen LogP contribution in [0.15, 0.2) is 33.7 Å². The fourth-order valence-electron chi connectivity index (χ4n) is 3.19. The molecule has 2 aromatic rings. The van der Waals surface area contributed by atoms with Crippen LogP contribution < -0.4 is 4.72 Å². The Bertz CT molecular complexity index is 843. The second-order valence-electron chi connectivity index (χ2n) is 6.19. The molecule has 0 amide bonds. The molecule has 7 nitrogen and oxygen atoms in total. The minimum absolute atomic E-state index is 0.0948. The van der Waals surface area contributed by atoms with E-state index >= 15 is 0 Å². The van der Waals surface area contributed by atoms with E-state index in [4.69, 9.17) is 20.9 Å². The first-order valence-corrected chi connectivity index (χ1v) is 10.2. The molecule has 1 N–H and O–H groups in total. The molecule has 1 saturated heterocycles. The Kier molecular flexibility index (Phi) is 5.99. The second kappa shape index (κ2) is 8.06. The van der Waals surface area contributed by atoms with Crippen LogP contribution in [0.3, 0.4) is 0 Å². The van der Waals surface area contributed by atoms with Crippen molar-refractivity contribution in [1.29, 1.82) is 0 Å². The normalized spacial score (nSPS) is 17.3. The molecule has 0 aliphatic carbocycles. The van der Waals surface area contributed by atoms with Gasteiger partial charge in [0.2, 0.25) is 10.0 Å². The molecule has 142 valence electrons. The zero-order chi connectivity index (χ0) is 18.7. The highest BCUT2D eigenvalue weighted by Gasteiger charge is 2.29. The first kappa shape index (κ1) is 19.3. The maximum Gasteiger partial charge on any atom is 0.246 e. The smallest absolute Gasteiger partial charge is 0.246 e. The number of ether oxygens (including phenoxy) is 1. The minimum atomic E-state index is -3.74. The van der Waals surface area contributed by atoms with Gasteiger partial charge in [-0.3, -0.25) is 4.90 Å². The molecule has 0 saturated carbocycles. The predicted molar refractivity (Wildman–Crippen MR) is 97.8 cm³/mol. The minimum Gasteiger partial charge on any atom is -0.379 e. The monoisotopic (exact) mass is 399 g/mol. The predicted octanol–water partition coefficient (Wildman–Crippen LogP) is 2.30. The summed E-state index contributed by atoms with van der Waals surface area (Å²) in [5, 5.41) is 4.34. The van der Waals surface area contributed by atoms with Gasteiger partial charge in [-0.25, -0.2) is 13.1 Å². The third-order valence-electron chi connectivity index (χ3n) is 4.45. The molecule has 1 atom stereocenters. The number of hydrogen-bond acceptors (Lipinski definition) is 6. The molecule has 9 heteroatoms. The number of aromatic nitrogens is 1. The summed E-state index contributed by atoms with van der Waals surface area (Å²) >= 11 is 6.38. The summed E-state index contributed by atoms with van der Waals surface area (Å²) in [4.78, 5) is 2.28. The van der Waals surface area contributed by atoms with E-state index in [9.17, 15) is 8.42 Å². The number of benzene rings is 1. The van der Waals surface area contributed by atoms with Crippen molar-refractivity contribution in [3.63, 3.8) is 0 Å². The molecule has 1 aliphatic rings. The van der Waals surface area contributed by atoms with Gasteiger partial charge in [-0.15, -0.1) is 0 Å². The highest BCUT2D eigenvalue weighted by atomic mass is 35.5. The van der Waals surface area contributed by atoms with Crippen LogP contribution >= 0.6 is 11.6 Å². The number of nitrogens with zero attached hydrogens (tertiary/aromatic N) is 2. The third kappa shape index (κ3) is 4.10. The van der Waals surface area contributed by atoms with Crippen LogP contribution in [0.2, 0.25) is 5.02 Å².